The SMILES string of the molecule is CC(c1cccc(S(N)(=O)=O)c1)N(C)C(=O)c1[nH]c2ccccc2c1Br. The summed E-state index contributed by atoms with van der Waals surface area (Å²) in [5.41, 5.74) is 1.99. The highest BCUT2D eigenvalue weighted by Crippen LogP contribution is 2.30. The van der Waals surface area contributed by atoms with Crippen molar-refractivity contribution in [3.05, 3.63) is 64.3 Å². The van der Waals surface area contributed by atoms with Crippen molar-refractivity contribution in [2.45, 2.75) is 17.9 Å². The van der Waals surface area contributed by atoms with Gasteiger partial charge in [-0.1, -0.05) is 30.3 Å². The molecule has 0 saturated carbocycles. The summed E-state index contributed by atoms with van der Waals surface area (Å²) >= 11 is 3.49. The number of carbonyl (C=O) groups excluding carboxylic acids is 1. The third-order valence-electron chi connectivity index (χ3n) is 4.43. The molecule has 1 atom stereocenters. The maximum Gasteiger partial charge on any atom is 0.271 e. The van der Waals surface area contributed by atoms with Gasteiger partial charge in [-0.25, -0.2) is 13.6 Å². The van der Waals surface area contributed by atoms with Crippen LogP contribution in [-0.2, 0) is 10.0 Å². The van der Waals surface area contributed by atoms with Gasteiger partial charge in [0.05, 0.1) is 15.4 Å². The number of amides is 1. The first-order valence-electron chi connectivity index (χ1n) is 7.86. The van der Waals surface area contributed by atoms with Crippen molar-refractivity contribution >= 4 is 42.8 Å². The molecule has 1 heterocycles. The molecule has 3 aromatic rings. The number of aromatic amines is 1. The third kappa shape index (κ3) is 3.40. The Bertz CT molecular complexity index is 1090. The van der Waals surface area contributed by atoms with Crippen LogP contribution in [0.3, 0.4) is 0 Å². The van der Waals surface area contributed by atoms with Crippen molar-refractivity contribution in [3.8, 4) is 0 Å². The van der Waals surface area contributed by atoms with E-state index in [1.807, 2.05) is 31.2 Å². The van der Waals surface area contributed by atoms with Gasteiger partial charge in [0, 0.05) is 18.0 Å². The van der Waals surface area contributed by atoms with Crippen molar-refractivity contribution in [3.63, 3.8) is 0 Å². The number of nitrogens with zero attached hydrogens (tertiary/aromatic N) is 1. The van der Waals surface area contributed by atoms with Crippen LogP contribution in [0.2, 0.25) is 0 Å². The average molecular weight is 436 g/mol. The molecule has 1 unspecified atom stereocenters. The summed E-state index contributed by atoms with van der Waals surface area (Å²) in [7, 11) is -2.12. The van der Waals surface area contributed by atoms with Gasteiger partial charge in [-0.05, 0) is 46.6 Å². The van der Waals surface area contributed by atoms with Crippen molar-refractivity contribution in [2.75, 3.05) is 7.05 Å². The number of benzene rings is 2. The van der Waals surface area contributed by atoms with Crippen molar-refractivity contribution < 1.29 is 13.2 Å². The topological polar surface area (TPSA) is 96.3 Å². The lowest BCUT2D eigenvalue weighted by atomic mass is 10.1. The molecule has 0 fully saturated rings. The summed E-state index contributed by atoms with van der Waals surface area (Å²) in [5, 5.41) is 6.12. The number of halogens is 1. The lowest BCUT2D eigenvalue weighted by Crippen LogP contribution is -2.30. The Hall–Kier alpha value is -2.16. The molecule has 3 N–H and O–H groups in total. The Labute approximate surface area is 160 Å². The maximum absolute atomic E-state index is 13.0. The number of fused-ring (bicyclic) bond motifs is 1. The lowest BCUT2D eigenvalue weighted by Gasteiger charge is -2.25. The average Bonchev–Trinajstić information content (AvgIpc) is 2.96. The van der Waals surface area contributed by atoms with E-state index in [9.17, 15) is 13.2 Å². The Kier molecular flexibility index (Phi) is 4.92. The molecule has 0 radical (unpaired) electrons. The number of aromatic nitrogens is 1. The zero-order chi connectivity index (χ0) is 19.1. The highest BCUT2D eigenvalue weighted by atomic mass is 79.9. The van der Waals surface area contributed by atoms with E-state index in [-0.39, 0.29) is 16.8 Å². The molecule has 26 heavy (non-hydrogen) atoms. The fourth-order valence-corrected chi connectivity index (χ4v) is 3.97. The van der Waals surface area contributed by atoms with Crippen LogP contribution in [0.4, 0.5) is 0 Å². The third-order valence-corrected chi connectivity index (χ3v) is 6.16. The molecule has 0 bridgehead atoms. The fraction of sp³-hybridized carbons (Fsp3) is 0.167. The maximum atomic E-state index is 13.0. The summed E-state index contributed by atoms with van der Waals surface area (Å²) in [6, 6.07) is 13.6. The number of hydrogen-bond acceptors (Lipinski definition) is 3. The molecule has 3 rings (SSSR count). The summed E-state index contributed by atoms with van der Waals surface area (Å²) < 4.78 is 23.8. The molecule has 0 saturated heterocycles. The number of sulfonamides is 1. The Morgan fingerprint density at radius 1 is 1.19 bits per heavy atom. The quantitative estimate of drug-likeness (QED) is 0.656. The van der Waals surface area contributed by atoms with Crippen LogP contribution in [0.5, 0.6) is 0 Å². The van der Waals surface area contributed by atoms with E-state index in [1.54, 1.807) is 24.1 Å². The van der Waals surface area contributed by atoms with Gasteiger partial charge in [-0.3, -0.25) is 4.79 Å². The summed E-state index contributed by atoms with van der Waals surface area (Å²) in [6.45, 7) is 1.83. The lowest BCUT2D eigenvalue weighted by molar-refractivity contribution is 0.0736. The van der Waals surface area contributed by atoms with E-state index in [4.69, 9.17) is 5.14 Å². The van der Waals surface area contributed by atoms with E-state index in [1.165, 1.54) is 12.1 Å². The van der Waals surface area contributed by atoms with E-state index in [0.29, 0.717) is 15.7 Å². The van der Waals surface area contributed by atoms with Gasteiger partial charge in [0.2, 0.25) is 10.0 Å². The first-order valence-corrected chi connectivity index (χ1v) is 10.2. The Balaban J connectivity index is 1.94. The van der Waals surface area contributed by atoms with Crippen LogP contribution in [0.15, 0.2) is 57.9 Å². The van der Waals surface area contributed by atoms with Gasteiger partial charge >= 0.3 is 0 Å². The minimum Gasteiger partial charge on any atom is -0.350 e. The first kappa shape index (κ1) is 18.6. The standard InChI is InChI=1S/C18H18BrN3O3S/c1-11(12-6-5-7-13(10-12)26(20,24)25)22(2)18(23)17-16(19)14-8-3-4-9-15(14)21-17/h3-11,21H,1-2H3,(H2,20,24,25). The number of primary sulfonamides is 1. The van der Waals surface area contributed by atoms with Crippen LogP contribution in [0, 0.1) is 0 Å². The van der Waals surface area contributed by atoms with Gasteiger partial charge in [0.1, 0.15) is 5.69 Å². The number of para-hydroxylation sites is 1. The predicted octanol–water partition coefficient (Wildman–Crippen LogP) is 3.41. The number of carbonyl (C=O) groups is 1. The predicted molar refractivity (Wildman–Crippen MR) is 104 cm³/mol. The second-order valence-corrected chi connectivity index (χ2v) is 8.42. The summed E-state index contributed by atoms with van der Waals surface area (Å²) in [4.78, 5) is 17.7. The molecular weight excluding hydrogens is 418 g/mol. The minimum atomic E-state index is -3.80. The van der Waals surface area contributed by atoms with E-state index in [0.717, 1.165) is 10.9 Å². The second-order valence-electron chi connectivity index (χ2n) is 6.07. The molecule has 2 aromatic carbocycles. The molecule has 0 aliphatic carbocycles. The smallest absolute Gasteiger partial charge is 0.271 e. The van der Waals surface area contributed by atoms with Gasteiger partial charge in [-0.2, -0.15) is 0 Å². The second kappa shape index (κ2) is 6.86. The van der Waals surface area contributed by atoms with Crippen LogP contribution in [0.1, 0.15) is 29.0 Å². The van der Waals surface area contributed by atoms with Crippen LogP contribution < -0.4 is 5.14 Å². The summed E-state index contributed by atoms with van der Waals surface area (Å²) in [5.74, 6) is -0.207. The molecule has 6 nitrogen and oxygen atoms in total. The van der Waals surface area contributed by atoms with Gasteiger partial charge in [-0.15, -0.1) is 0 Å². The van der Waals surface area contributed by atoms with Gasteiger partial charge < -0.3 is 9.88 Å². The Morgan fingerprint density at radius 3 is 2.54 bits per heavy atom. The number of hydrogen-bond donors (Lipinski definition) is 2. The van der Waals surface area contributed by atoms with Gasteiger partial charge in [0.15, 0.2) is 0 Å². The highest BCUT2D eigenvalue weighted by Gasteiger charge is 2.24. The molecule has 1 aromatic heterocycles. The molecule has 1 amide bonds. The number of nitrogens with one attached hydrogen (secondary N) is 1. The molecule has 0 aliphatic rings. The first-order chi connectivity index (χ1) is 12.2. The van der Waals surface area contributed by atoms with Crippen molar-refractivity contribution in [2.24, 2.45) is 5.14 Å². The minimum absolute atomic E-state index is 0.0227. The van der Waals surface area contributed by atoms with Crippen molar-refractivity contribution in [1.82, 2.24) is 9.88 Å². The van der Waals surface area contributed by atoms with E-state index >= 15 is 0 Å². The molecule has 8 heteroatoms. The number of H-pyrrole nitrogens is 1. The molecule has 136 valence electrons. The van der Waals surface area contributed by atoms with Crippen molar-refractivity contribution in [1.29, 1.82) is 0 Å². The van der Waals surface area contributed by atoms with E-state index in [2.05, 4.69) is 20.9 Å². The van der Waals surface area contributed by atoms with Crippen LogP contribution >= 0.6 is 15.9 Å². The number of nitrogens with two attached hydrogens (primary N) is 1. The van der Waals surface area contributed by atoms with Gasteiger partial charge in [0.25, 0.3) is 5.91 Å². The Morgan fingerprint density at radius 2 is 1.88 bits per heavy atom. The molecule has 0 aliphatic heterocycles. The summed E-state index contributed by atoms with van der Waals surface area (Å²) in [6.07, 6.45) is 0. The fourth-order valence-electron chi connectivity index (χ4n) is 2.78. The van der Waals surface area contributed by atoms with Crippen LogP contribution in [-0.4, -0.2) is 31.3 Å². The van der Waals surface area contributed by atoms with E-state index < -0.39 is 10.0 Å². The molecule has 0 spiro atoms. The highest BCUT2D eigenvalue weighted by molar-refractivity contribution is 9.10. The largest absolute Gasteiger partial charge is 0.350 e. The normalized spacial score (nSPS) is 12.9. The monoisotopic (exact) mass is 435 g/mol. The van der Waals surface area contributed by atoms with Crippen LogP contribution in [0.25, 0.3) is 10.9 Å². The number of rotatable bonds is 4. The zero-order valence-corrected chi connectivity index (χ0v) is 16.6. The zero-order valence-electron chi connectivity index (χ0n) is 14.2. The molecular formula is C18H18BrN3O3S.